The van der Waals surface area contributed by atoms with Crippen LogP contribution in [0.25, 0.3) is 0 Å². The number of carbonyl (C=O) groups excluding carboxylic acids is 1. The first-order valence-electron chi connectivity index (χ1n) is 10.4. The summed E-state index contributed by atoms with van der Waals surface area (Å²) in [4.78, 5) is 11.5. The van der Waals surface area contributed by atoms with Crippen LogP contribution >= 0.6 is 0 Å². The van der Waals surface area contributed by atoms with Gasteiger partial charge in [0.25, 0.3) is 0 Å². The topological polar surface area (TPSA) is 81.8 Å². The van der Waals surface area contributed by atoms with Crippen molar-refractivity contribution in [2.75, 3.05) is 13.2 Å². The maximum atomic E-state index is 11.5. The van der Waals surface area contributed by atoms with Crippen molar-refractivity contribution in [3.8, 4) is 0 Å². The lowest BCUT2D eigenvalue weighted by Crippen LogP contribution is -2.40. The molecule has 5 nitrogen and oxygen atoms in total. The highest BCUT2D eigenvalue weighted by atomic mass is 16.5. The van der Waals surface area contributed by atoms with Crippen molar-refractivity contribution < 1.29 is 20.7 Å². The van der Waals surface area contributed by atoms with Gasteiger partial charge in [-0.25, -0.2) is 0 Å². The van der Waals surface area contributed by atoms with Gasteiger partial charge >= 0.3 is 0 Å². The quantitative estimate of drug-likeness (QED) is 0.637. The van der Waals surface area contributed by atoms with Crippen LogP contribution in [0.5, 0.6) is 0 Å². The number of aliphatic hydroxyl groups excluding tert-OH is 1. The van der Waals surface area contributed by atoms with E-state index in [-0.39, 0.29) is 12.5 Å². The van der Waals surface area contributed by atoms with Crippen LogP contribution in [0.4, 0.5) is 0 Å². The highest BCUT2D eigenvalue weighted by Crippen LogP contribution is 2.40. The number of hydrogen-bond acceptors (Lipinski definition) is 4. The van der Waals surface area contributed by atoms with Crippen molar-refractivity contribution in [1.82, 2.24) is 0 Å². The molecule has 0 heterocycles. The molecule has 2 aromatic rings. The third-order valence-corrected chi connectivity index (χ3v) is 5.08. The zero-order valence-corrected chi connectivity index (χ0v) is 16.5. The summed E-state index contributed by atoms with van der Waals surface area (Å²) in [6, 6.07) is 19.5. The molecule has 1 atom stereocenters. The van der Waals surface area contributed by atoms with Crippen molar-refractivity contribution in [2.24, 2.45) is 11.1 Å². The molecule has 1 amide bonds. The van der Waals surface area contributed by atoms with Crippen LogP contribution in [-0.4, -0.2) is 30.3 Å². The van der Waals surface area contributed by atoms with E-state index in [4.69, 9.17) is 16.6 Å². The third-order valence-electron chi connectivity index (χ3n) is 5.08. The van der Waals surface area contributed by atoms with E-state index in [1.165, 1.54) is 0 Å². The molecule has 0 radical (unpaired) electrons. The fourth-order valence-electron chi connectivity index (χ4n) is 3.90. The minimum absolute atomic E-state index is 0.218. The molecule has 0 bridgehead atoms. The van der Waals surface area contributed by atoms with Gasteiger partial charge in [-0.05, 0) is 30.4 Å². The molecule has 0 saturated heterocycles. The summed E-state index contributed by atoms with van der Waals surface area (Å²) in [5, 5.41) is 10.5. The van der Waals surface area contributed by atoms with E-state index >= 15 is 0 Å². The Bertz CT molecular complexity index is 809. The Morgan fingerprint density at radius 3 is 2.07 bits per heavy atom. The monoisotopic (exact) mass is 396 g/mol. The largest absolute Gasteiger partial charge is 0.393 e. The molecular formula is C24H29NO4. The number of aliphatic hydroxyl groups is 1. The van der Waals surface area contributed by atoms with E-state index in [1.807, 2.05) is 60.7 Å². The Labute approximate surface area is 173 Å². The number of carbonyl (C=O) groups is 1. The standard InChI is InChI=1S/C24H29NO4/c25-23(27)12-21-11-22(26)14-24(13-21,17-28-15-19-7-3-1-4-8-19)18-29-16-20-9-5-2-6-10-20/h1-10,12,22,26H,11,13-18H2,(H2,25,27)/b21-12+/i12D. The van der Waals surface area contributed by atoms with Crippen molar-refractivity contribution in [1.29, 1.82) is 0 Å². The Morgan fingerprint density at radius 1 is 1.07 bits per heavy atom. The van der Waals surface area contributed by atoms with Crippen molar-refractivity contribution >= 4 is 5.91 Å². The Balaban J connectivity index is 1.72. The first-order valence-corrected chi connectivity index (χ1v) is 9.87. The normalized spacial score (nSPS) is 20.7. The second-order valence-electron chi connectivity index (χ2n) is 7.79. The molecule has 3 rings (SSSR count). The maximum absolute atomic E-state index is 11.5. The van der Waals surface area contributed by atoms with Crippen LogP contribution in [0, 0.1) is 5.41 Å². The number of benzene rings is 2. The summed E-state index contributed by atoms with van der Waals surface area (Å²) in [5.41, 5.74) is 7.48. The predicted octanol–water partition coefficient (Wildman–Crippen LogP) is 3.36. The number of rotatable bonds is 9. The van der Waals surface area contributed by atoms with Crippen LogP contribution in [0.2, 0.25) is 0 Å². The zero-order valence-electron chi connectivity index (χ0n) is 17.5. The Kier molecular flexibility index (Phi) is 7.08. The number of nitrogens with two attached hydrogens (primary N) is 1. The van der Waals surface area contributed by atoms with Gasteiger partial charge < -0.3 is 20.3 Å². The molecule has 29 heavy (non-hydrogen) atoms. The number of ether oxygens (including phenoxy) is 2. The van der Waals surface area contributed by atoms with Gasteiger partial charge in [0.1, 0.15) is 0 Å². The molecule has 154 valence electrons. The van der Waals surface area contributed by atoms with E-state index in [2.05, 4.69) is 0 Å². The zero-order chi connectivity index (χ0) is 21.4. The fraction of sp³-hybridized carbons (Fsp3) is 0.375. The Hall–Kier alpha value is -2.47. The average molecular weight is 397 g/mol. The number of primary amides is 1. The molecule has 1 fully saturated rings. The second kappa shape index (κ2) is 10.3. The SMILES string of the molecule is [2H]/C(C(N)=O)=C1/CC(O)CC(COCc2ccccc2)(COCc2ccccc2)C1. The average Bonchev–Trinajstić information content (AvgIpc) is 2.74. The summed E-state index contributed by atoms with van der Waals surface area (Å²) in [7, 11) is 0. The molecule has 1 aliphatic rings. The molecule has 0 aromatic heterocycles. The first-order chi connectivity index (χ1) is 14.5. The lowest BCUT2D eigenvalue weighted by molar-refractivity contribution is -0.113. The number of amides is 1. The van der Waals surface area contributed by atoms with Crippen LogP contribution in [0.1, 0.15) is 31.8 Å². The van der Waals surface area contributed by atoms with Gasteiger partial charge in [-0.3, -0.25) is 4.79 Å². The summed E-state index contributed by atoms with van der Waals surface area (Å²) in [5.74, 6) is -0.775. The van der Waals surface area contributed by atoms with Crippen LogP contribution in [0.15, 0.2) is 72.3 Å². The number of hydrogen-bond donors (Lipinski definition) is 2. The molecule has 0 aliphatic heterocycles. The lowest BCUT2D eigenvalue weighted by Gasteiger charge is -2.40. The fourth-order valence-corrected chi connectivity index (χ4v) is 3.90. The summed E-state index contributed by atoms with van der Waals surface area (Å²) < 4.78 is 20.0. The molecule has 0 spiro atoms. The van der Waals surface area contributed by atoms with Gasteiger partial charge in [0, 0.05) is 11.5 Å². The summed E-state index contributed by atoms with van der Waals surface area (Å²) in [6.45, 7) is 1.59. The van der Waals surface area contributed by atoms with E-state index < -0.39 is 17.4 Å². The van der Waals surface area contributed by atoms with Crippen LogP contribution < -0.4 is 5.73 Å². The molecule has 1 aliphatic carbocycles. The van der Waals surface area contributed by atoms with Crippen LogP contribution in [0.3, 0.4) is 0 Å². The van der Waals surface area contributed by atoms with E-state index in [0.29, 0.717) is 44.8 Å². The molecule has 3 N–H and O–H groups in total. The van der Waals surface area contributed by atoms with Gasteiger partial charge in [0.2, 0.25) is 5.91 Å². The molecule has 1 unspecified atom stereocenters. The molecule has 2 aromatic carbocycles. The molecule has 5 heteroatoms. The predicted molar refractivity (Wildman–Crippen MR) is 112 cm³/mol. The van der Waals surface area contributed by atoms with Gasteiger partial charge in [0.05, 0.1) is 33.9 Å². The smallest absolute Gasteiger partial charge is 0.241 e. The third kappa shape index (κ3) is 6.82. The minimum Gasteiger partial charge on any atom is -0.393 e. The van der Waals surface area contributed by atoms with E-state index in [1.54, 1.807) is 0 Å². The molecule has 1 saturated carbocycles. The first kappa shape index (κ1) is 19.8. The molecular weight excluding hydrogens is 366 g/mol. The maximum Gasteiger partial charge on any atom is 0.241 e. The summed E-state index contributed by atoms with van der Waals surface area (Å²) >= 11 is 0. The van der Waals surface area contributed by atoms with Crippen molar-refractivity contribution in [3.63, 3.8) is 0 Å². The lowest BCUT2D eigenvalue weighted by atomic mass is 9.71. The van der Waals surface area contributed by atoms with Gasteiger partial charge in [-0.15, -0.1) is 0 Å². The van der Waals surface area contributed by atoms with Crippen molar-refractivity contribution in [2.45, 2.75) is 38.6 Å². The van der Waals surface area contributed by atoms with Crippen LogP contribution in [-0.2, 0) is 27.5 Å². The summed E-state index contributed by atoms with van der Waals surface area (Å²) in [6.07, 6.45) is 0.525. The second-order valence-corrected chi connectivity index (χ2v) is 7.79. The minimum atomic E-state index is -0.775. The van der Waals surface area contributed by atoms with Gasteiger partial charge in [0.15, 0.2) is 0 Å². The van der Waals surface area contributed by atoms with E-state index in [0.717, 1.165) is 11.1 Å². The van der Waals surface area contributed by atoms with Gasteiger partial charge in [-0.2, -0.15) is 0 Å². The van der Waals surface area contributed by atoms with Crippen molar-refractivity contribution in [3.05, 3.63) is 83.4 Å². The van der Waals surface area contributed by atoms with E-state index in [9.17, 15) is 9.90 Å². The highest BCUT2D eigenvalue weighted by molar-refractivity contribution is 5.86. The van der Waals surface area contributed by atoms with Gasteiger partial charge in [-0.1, -0.05) is 66.2 Å². The highest BCUT2D eigenvalue weighted by Gasteiger charge is 2.39. The Morgan fingerprint density at radius 2 is 1.59 bits per heavy atom.